The van der Waals surface area contributed by atoms with E-state index in [0.717, 1.165) is 12.8 Å². The third-order valence-corrected chi connectivity index (χ3v) is 4.06. The van der Waals surface area contributed by atoms with Gasteiger partial charge in [0.25, 0.3) is 0 Å². The average Bonchev–Trinajstić information content (AvgIpc) is 2.14. The number of carbonyl (C=O) groups excluding carboxylic acids is 1. The summed E-state index contributed by atoms with van der Waals surface area (Å²) in [4.78, 5) is 11.6. The molecule has 3 heteroatoms. The summed E-state index contributed by atoms with van der Waals surface area (Å²) >= 11 is 1.66. The third kappa shape index (κ3) is 5.78. The van der Waals surface area contributed by atoms with E-state index in [1.807, 2.05) is 0 Å². The zero-order valence-electron chi connectivity index (χ0n) is 10.9. The molecule has 2 nitrogen and oxygen atoms in total. The summed E-state index contributed by atoms with van der Waals surface area (Å²) in [6.45, 7) is 8.60. The van der Waals surface area contributed by atoms with Crippen molar-refractivity contribution < 1.29 is 9.53 Å². The molecule has 0 heterocycles. The van der Waals surface area contributed by atoms with E-state index < -0.39 is 0 Å². The Hall–Kier alpha value is -0.180. The van der Waals surface area contributed by atoms with Crippen molar-refractivity contribution in [2.75, 3.05) is 5.75 Å². The summed E-state index contributed by atoms with van der Waals surface area (Å²) < 4.78 is 5.64. The highest BCUT2D eigenvalue weighted by molar-refractivity contribution is 8.01. The highest BCUT2D eigenvalue weighted by Gasteiger charge is 2.23. The second kappa shape index (κ2) is 5.95. The number of rotatable bonds is 3. The van der Waals surface area contributed by atoms with Crippen LogP contribution in [0.4, 0.5) is 0 Å². The Balaban J connectivity index is 2.23. The SMILES string of the molecule is CC1CCCC(OC(=O)CSC(C)(C)C)C1. The quantitative estimate of drug-likeness (QED) is 0.709. The van der Waals surface area contributed by atoms with Gasteiger partial charge in [-0.05, 0) is 25.2 Å². The van der Waals surface area contributed by atoms with Crippen LogP contribution in [0, 0.1) is 5.92 Å². The van der Waals surface area contributed by atoms with Crippen LogP contribution in [0.3, 0.4) is 0 Å². The molecule has 1 rings (SSSR count). The van der Waals surface area contributed by atoms with E-state index >= 15 is 0 Å². The first kappa shape index (κ1) is 13.9. The fourth-order valence-corrected chi connectivity index (χ4v) is 2.60. The normalized spacial score (nSPS) is 26.5. The van der Waals surface area contributed by atoms with Crippen molar-refractivity contribution in [3.05, 3.63) is 0 Å². The minimum atomic E-state index is -0.0426. The molecule has 0 aromatic heterocycles. The highest BCUT2D eigenvalue weighted by Crippen LogP contribution is 2.27. The van der Waals surface area contributed by atoms with E-state index in [2.05, 4.69) is 27.7 Å². The van der Waals surface area contributed by atoms with Gasteiger partial charge in [-0.15, -0.1) is 11.8 Å². The first-order valence-electron chi connectivity index (χ1n) is 6.20. The van der Waals surface area contributed by atoms with E-state index in [4.69, 9.17) is 4.74 Å². The number of hydrogen-bond donors (Lipinski definition) is 0. The summed E-state index contributed by atoms with van der Waals surface area (Å²) in [5, 5.41) is 0. The Morgan fingerprint density at radius 1 is 1.38 bits per heavy atom. The van der Waals surface area contributed by atoms with Gasteiger partial charge in [-0.25, -0.2) is 0 Å². The van der Waals surface area contributed by atoms with E-state index in [1.54, 1.807) is 11.8 Å². The Morgan fingerprint density at radius 3 is 2.62 bits per heavy atom. The molecule has 1 fully saturated rings. The van der Waals surface area contributed by atoms with Gasteiger partial charge in [0.05, 0.1) is 5.75 Å². The van der Waals surface area contributed by atoms with Crippen LogP contribution in [0.15, 0.2) is 0 Å². The molecule has 0 aromatic rings. The average molecular weight is 244 g/mol. The molecule has 2 atom stereocenters. The number of hydrogen-bond acceptors (Lipinski definition) is 3. The maximum atomic E-state index is 11.6. The largest absolute Gasteiger partial charge is 0.462 e. The molecule has 0 bridgehead atoms. The van der Waals surface area contributed by atoms with Crippen molar-refractivity contribution in [3.63, 3.8) is 0 Å². The van der Waals surface area contributed by atoms with Crippen molar-refractivity contribution in [1.29, 1.82) is 0 Å². The standard InChI is InChI=1S/C13H24O2S/c1-10-6-5-7-11(8-10)15-12(14)9-16-13(2,3)4/h10-11H,5-9H2,1-4H3. The second-order valence-electron chi connectivity index (χ2n) is 5.78. The maximum Gasteiger partial charge on any atom is 0.316 e. The van der Waals surface area contributed by atoms with Gasteiger partial charge in [-0.3, -0.25) is 4.79 Å². The molecular weight excluding hydrogens is 220 g/mol. The first-order chi connectivity index (χ1) is 7.37. The van der Waals surface area contributed by atoms with E-state index in [-0.39, 0.29) is 16.8 Å². The van der Waals surface area contributed by atoms with Crippen LogP contribution >= 0.6 is 11.8 Å². The summed E-state index contributed by atoms with van der Waals surface area (Å²) in [6.07, 6.45) is 4.76. The van der Waals surface area contributed by atoms with Crippen LogP contribution in [-0.2, 0) is 9.53 Å². The number of carbonyl (C=O) groups is 1. The summed E-state index contributed by atoms with van der Waals surface area (Å²) in [7, 11) is 0. The van der Waals surface area contributed by atoms with Gasteiger partial charge in [-0.2, -0.15) is 0 Å². The van der Waals surface area contributed by atoms with Gasteiger partial charge in [0.1, 0.15) is 6.10 Å². The number of thioether (sulfide) groups is 1. The van der Waals surface area contributed by atoms with Crippen LogP contribution < -0.4 is 0 Å². The van der Waals surface area contributed by atoms with Crippen LogP contribution in [0.2, 0.25) is 0 Å². The molecule has 1 saturated carbocycles. The van der Waals surface area contributed by atoms with Gasteiger partial charge >= 0.3 is 5.97 Å². The third-order valence-electron chi connectivity index (χ3n) is 2.81. The molecule has 16 heavy (non-hydrogen) atoms. The fraction of sp³-hybridized carbons (Fsp3) is 0.923. The van der Waals surface area contributed by atoms with E-state index in [0.29, 0.717) is 11.7 Å². The van der Waals surface area contributed by atoms with Crippen LogP contribution in [0.5, 0.6) is 0 Å². The molecule has 0 spiro atoms. The predicted octanol–water partition coefficient (Wildman–Crippen LogP) is 3.64. The molecule has 94 valence electrons. The lowest BCUT2D eigenvalue weighted by Crippen LogP contribution is -2.26. The minimum absolute atomic E-state index is 0.0426. The van der Waals surface area contributed by atoms with E-state index in [9.17, 15) is 4.79 Å². The minimum Gasteiger partial charge on any atom is -0.462 e. The lowest BCUT2D eigenvalue weighted by atomic mass is 9.89. The molecule has 1 aliphatic rings. The Labute approximate surface area is 104 Å². The highest BCUT2D eigenvalue weighted by atomic mass is 32.2. The van der Waals surface area contributed by atoms with Gasteiger partial charge < -0.3 is 4.74 Å². The van der Waals surface area contributed by atoms with Crippen LogP contribution in [0.25, 0.3) is 0 Å². The van der Waals surface area contributed by atoms with Crippen molar-refractivity contribution in [2.24, 2.45) is 5.92 Å². The number of esters is 1. The van der Waals surface area contributed by atoms with E-state index in [1.165, 1.54) is 12.8 Å². The zero-order chi connectivity index (χ0) is 12.2. The fourth-order valence-electron chi connectivity index (χ4n) is 1.98. The summed E-state index contributed by atoms with van der Waals surface area (Å²) in [5.74, 6) is 1.15. The number of ether oxygens (including phenoxy) is 1. The smallest absolute Gasteiger partial charge is 0.316 e. The molecule has 0 aliphatic heterocycles. The molecule has 0 N–H and O–H groups in total. The second-order valence-corrected chi connectivity index (χ2v) is 7.59. The van der Waals surface area contributed by atoms with Crippen LogP contribution in [0.1, 0.15) is 53.4 Å². The Kier molecular flexibility index (Phi) is 5.16. The Bertz CT molecular complexity index is 233. The lowest BCUT2D eigenvalue weighted by molar-refractivity contribution is -0.147. The van der Waals surface area contributed by atoms with Gasteiger partial charge in [0.2, 0.25) is 0 Å². The summed E-state index contributed by atoms with van der Waals surface area (Å²) in [5.41, 5.74) is 0. The van der Waals surface area contributed by atoms with Crippen molar-refractivity contribution in [1.82, 2.24) is 0 Å². The van der Waals surface area contributed by atoms with Crippen LogP contribution in [-0.4, -0.2) is 22.6 Å². The monoisotopic (exact) mass is 244 g/mol. The molecular formula is C13H24O2S. The van der Waals surface area contributed by atoms with Crippen molar-refractivity contribution >= 4 is 17.7 Å². The van der Waals surface area contributed by atoms with Gasteiger partial charge in [-0.1, -0.05) is 34.1 Å². The molecule has 1 aliphatic carbocycles. The topological polar surface area (TPSA) is 26.3 Å². The molecule has 0 radical (unpaired) electrons. The Morgan fingerprint density at radius 2 is 2.06 bits per heavy atom. The predicted molar refractivity (Wildman–Crippen MR) is 69.7 cm³/mol. The lowest BCUT2D eigenvalue weighted by Gasteiger charge is -2.27. The molecule has 0 amide bonds. The molecule has 0 aromatic carbocycles. The van der Waals surface area contributed by atoms with Gasteiger partial charge in [0.15, 0.2) is 0 Å². The maximum absolute atomic E-state index is 11.6. The van der Waals surface area contributed by atoms with Crippen molar-refractivity contribution in [3.8, 4) is 0 Å². The molecule has 2 unspecified atom stereocenters. The van der Waals surface area contributed by atoms with Gasteiger partial charge in [0, 0.05) is 4.75 Å². The first-order valence-corrected chi connectivity index (χ1v) is 7.19. The zero-order valence-corrected chi connectivity index (χ0v) is 11.7. The molecule has 0 saturated heterocycles. The van der Waals surface area contributed by atoms with Crippen molar-refractivity contribution in [2.45, 2.75) is 64.2 Å². The summed E-state index contributed by atoms with van der Waals surface area (Å²) in [6, 6.07) is 0.